The third-order valence-corrected chi connectivity index (χ3v) is 2.25. The molecule has 0 heterocycles. The van der Waals surface area contributed by atoms with E-state index < -0.39 is 6.10 Å². The van der Waals surface area contributed by atoms with Crippen LogP contribution in [-0.2, 0) is 0 Å². The van der Waals surface area contributed by atoms with Crippen LogP contribution in [0.5, 0.6) is 5.75 Å². The number of hydrogen-bond donors (Lipinski definition) is 2. The Labute approximate surface area is 91.0 Å². The molecule has 1 unspecified atom stereocenters. The summed E-state index contributed by atoms with van der Waals surface area (Å²) >= 11 is 2.22. The molecule has 0 spiro atoms. The monoisotopic (exact) mass is 293 g/mol. The highest BCUT2D eigenvalue weighted by atomic mass is 127. The van der Waals surface area contributed by atoms with Crippen molar-refractivity contribution in [1.29, 1.82) is 0 Å². The highest BCUT2D eigenvalue weighted by Crippen LogP contribution is 2.13. The first kappa shape index (κ1) is 10.7. The molecule has 0 aromatic heterocycles. The number of aliphatic hydroxyl groups excluding tert-OH is 1. The second kappa shape index (κ2) is 5.41. The van der Waals surface area contributed by atoms with E-state index in [-0.39, 0.29) is 13.2 Å². The second-order valence-corrected chi connectivity index (χ2v) is 3.90. The van der Waals surface area contributed by atoms with Crippen LogP contribution in [0.25, 0.3) is 0 Å². The Balaban J connectivity index is 2.41. The maximum Gasteiger partial charge on any atom is 0.119 e. The predicted molar refractivity (Wildman–Crippen MR) is 59.7 cm³/mol. The van der Waals surface area contributed by atoms with Gasteiger partial charge in [-0.3, -0.25) is 0 Å². The Morgan fingerprint density at radius 3 is 2.54 bits per heavy atom. The fraction of sp³-hybridized carbons (Fsp3) is 0.333. The van der Waals surface area contributed by atoms with Gasteiger partial charge in [-0.15, -0.1) is 0 Å². The lowest BCUT2D eigenvalue weighted by atomic mass is 10.3. The summed E-state index contributed by atoms with van der Waals surface area (Å²) in [5.41, 5.74) is 5.23. The topological polar surface area (TPSA) is 55.5 Å². The SMILES string of the molecule is NCC(O)COc1ccc(I)cc1. The lowest BCUT2D eigenvalue weighted by molar-refractivity contribution is 0.114. The van der Waals surface area contributed by atoms with Gasteiger partial charge in [0.2, 0.25) is 0 Å². The van der Waals surface area contributed by atoms with E-state index in [1.54, 1.807) is 0 Å². The van der Waals surface area contributed by atoms with Gasteiger partial charge in [-0.25, -0.2) is 0 Å². The fourth-order valence-corrected chi connectivity index (χ4v) is 1.15. The molecule has 1 aromatic rings. The van der Waals surface area contributed by atoms with Crippen molar-refractivity contribution in [3.8, 4) is 5.75 Å². The van der Waals surface area contributed by atoms with Gasteiger partial charge in [0.1, 0.15) is 18.5 Å². The van der Waals surface area contributed by atoms with Crippen molar-refractivity contribution in [2.45, 2.75) is 6.10 Å². The van der Waals surface area contributed by atoms with Gasteiger partial charge >= 0.3 is 0 Å². The maximum atomic E-state index is 9.12. The van der Waals surface area contributed by atoms with E-state index in [1.807, 2.05) is 24.3 Å². The van der Waals surface area contributed by atoms with E-state index in [4.69, 9.17) is 15.6 Å². The van der Waals surface area contributed by atoms with Crippen molar-refractivity contribution in [3.63, 3.8) is 0 Å². The van der Waals surface area contributed by atoms with E-state index in [0.717, 1.165) is 9.32 Å². The molecule has 13 heavy (non-hydrogen) atoms. The number of rotatable bonds is 4. The molecule has 0 saturated heterocycles. The number of halogens is 1. The minimum atomic E-state index is -0.584. The van der Waals surface area contributed by atoms with Crippen LogP contribution in [0, 0.1) is 3.57 Å². The van der Waals surface area contributed by atoms with Crippen molar-refractivity contribution in [2.24, 2.45) is 5.73 Å². The van der Waals surface area contributed by atoms with E-state index in [0.29, 0.717) is 0 Å². The van der Waals surface area contributed by atoms with Crippen LogP contribution in [-0.4, -0.2) is 24.4 Å². The van der Waals surface area contributed by atoms with E-state index in [9.17, 15) is 0 Å². The molecule has 3 N–H and O–H groups in total. The molecule has 1 rings (SSSR count). The standard InChI is InChI=1S/C9H12INO2/c10-7-1-3-9(4-2-7)13-6-8(12)5-11/h1-4,8,12H,5-6,11H2. The van der Waals surface area contributed by atoms with Crippen LogP contribution < -0.4 is 10.5 Å². The van der Waals surface area contributed by atoms with E-state index >= 15 is 0 Å². The van der Waals surface area contributed by atoms with Gasteiger partial charge in [0.15, 0.2) is 0 Å². The quantitative estimate of drug-likeness (QED) is 0.814. The zero-order valence-corrected chi connectivity index (χ0v) is 9.27. The molecule has 0 bridgehead atoms. The highest BCUT2D eigenvalue weighted by Gasteiger charge is 2.01. The summed E-state index contributed by atoms with van der Waals surface area (Å²) in [5, 5.41) is 9.12. The van der Waals surface area contributed by atoms with Crippen molar-refractivity contribution in [2.75, 3.05) is 13.2 Å². The molecule has 1 aromatic carbocycles. The van der Waals surface area contributed by atoms with Gasteiger partial charge in [-0.05, 0) is 46.9 Å². The molecule has 4 heteroatoms. The zero-order valence-electron chi connectivity index (χ0n) is 7.11. The van der Waals surface area contributed by atoms with Gasteiger partial charge < -0.3 is 15.6 Å². The first-order chi connectivity index (χ1) is 6.22. The first-order valence-corrected chi connectivity index (χ1v) is 5.06. The minimum absolute atomic E-state index is 0.227. The third kappa shape index (κ3) is 3.93. The first-order valence-electron chi connectivity index (χ1n) is 3.99. The van der Waals surface area contributed by atoms with E-state index in [2.05, 4.69) is 22.6 Å². The molecule has 72 valence electrons. The van der Waals surface area contributed by atoms with Crippen LogP contribution in [0.4, 0.5) is 0 Å². The summed E-state index contributed by atoms with van der Waals surface area (Å²) in [6, 6.07) is 7.63. The minimum Gasteiger partial charge on any atom is -0.491 e. The Morgan fingerprint density at radius 2 is 2.00 bits per heavy atom. The van der Waals surface area contributed by atoms with Crippen LogP contribution in [0.1, 0.15) is 0 Å². The highest BCUT2D eigenvalue weighted by molar-refractivity contribution is 14.1. The van der Waals surface area contributed by atoms with Crippen LogP contribution >= 0.6 is 22.6 Å². The Hall–Kier alpha value is -0.330. The number of benzene rings is 1. The molecule has 0 amide bonds. The normalized spacial score (nSPS) is 12.5. The summed E-state index contributed by atoms with van der Waals surface area (Å²) in [6.07, 6.45) is -0.584. The molecular weight excluding hydrogens is 281 g/mol. The number of hydrogen-bond acceptors (Lipinski definition) is 3. The summed E-state index contributed by atoms with van der Waals surface area (Å²) in [7, 11) is 0. The molecule has 0 aliphatic rings. The van der Waals surface area contributed by atoms with Crippen molar-refractivity contribution < 1.29 is 9.84 Å². The van der Waals surface area contributed by atoms with Crippen LogP contribution in [0.15, 0.2) is 24.3 Å². The molecular formula is C9H12INO2. The zero-order chi connectivity index (χ0) is 9.68. The molecule has 3 nitrogen and oxygen atoms in total. The molecule has 0 aliphatic carbocycles. The molecule has 0 fully saturated rings. The Bertz CT molecular complexity index is 250. The third-order valence-electron chi connectivity index (χ3n) is 1.53. The lowest BCUT2D eigenvalue weighted by Crippen LogP contribution is -2.26. The van der Waals surface area contributed by atoms with Gasteiger partial charge in [-0.1, -0.05) is 0 Å². The molecule has 0 saturated carbocycles. The smallest absolute Gasteiger partial charge is 0.119 e. The molecule has 0 aliphatic heterocycles. The fourth-order valence-electron chi connectivity index (χ4n) is 0.791. The van der Waals surface area contributed by atoms with Gasteiger partial charge in [0, 0.05) is 10.1 Å². The summed E-state index contributed by atoms with van der Waals surface area (Å²) in [5.74, 6) is 0.757. The van der Waals surface area contributed by atoms with Crippen molar-refractivity contribution in [3.05, 3.63) is 27.8 Å². The number of nitrogens with two attached hydrogens (primary N) is 1. The van der Waals surface area contributed by atoms with Crippen molar-refractivity contribution in [1.82, 2.24) is 0 Å². The Kier molecular flexibility index (Phi) is 4.47. The van der Waals surface area contributed by atoms with E-state index in [1.165, 1.54) is 0 Å². The molecule has 1 atom stereocenters. The number of ether oxygens (including phenoxy) is 1. The number of aliphatic hydroxyl groups is 1. The largest absolute Gasteiger partial charge is 0.491 e. The van der Waals surface area contributed by atoms with Gasteiger partial charge in [-0.2, -0.15) is 0 Å². The second-order valence-electron chi connectivity index (χ2n) is 2.65. The van der Waals surface area contributed by atoms with Gasteiger partial charge in [0.05, 0.1) is 0 Å². The van der Waals surface area contributed by atoms with Crippen LogP contribution in [0.3, 0.4) is 0 Å². The molecule has 0 radical (unpaired) electrons. The maximum absolute atomic E-state index is 9.12. The van der Waals surface area contributed by atoms with Crippen molar-refractivity contribution >= 4 is 22.6 Å². The summed E-state index contributed by atoms with van der Waals surface area (Å²) in [6.45, 7) is 0.474. The average Bonchev–Trinajstić information content (AvgIpc) is 2.16. The predicted octanol–water partition coefficient (Wildman–Crippen LogP) is 0.990. The van der Waals surface area contributed by atoms with Crippen LogP contribution in [0.2, 0.25) is 0 Å². The Morgan fingerprint density at radius 1 is 1.38 bits per heavy atom. The summed E-state index contributed by atoms with van der Waals surface area (Å²) < 4.78 is 6.44. The summed E-state index contributed by atoms with van der Waals surface area (Å²) in [4.78, 5) is 0. The lowest BCUT2D eigenvalue weighted by Gasteiger charge is -2.09. The van der Waals surface area contributed by atoms with Gasteiger partial charge in [0.25, 0.3) is 0 Å². The average molecular weight is 293 g/mol.